The van der Waals surface area contributed by atoms with E-state index in [-0.39, 0.29) is 6.10 Å². The van der Waals surface area contributed by atoms with Gasteiger partial charge in [-0.3, -0.25) is 0 Å². The van der Waals surface area contributed by atoms with Gasteiger partial charge in [-0.25, -0.2) is 4.98 Å². The van der Waals surface area contributed by atoms with Gasteiger partial charge in [0.1, 0.15) is 12.1 Å². The van der Waals surface area contributed by atoms with E-state index in [1.54, 1.807) is 6.33 Å². The van der Waals surface area contributed by atoms with E-state index in [4.69, 9.17) is 0 Å². The van der Waals surface area contributed by atoms with Crippen LogP contribution in [0.1, 0.15) is 18.4 Å². The Morgan fingerprint density at radius 3 is 3.06 bits per heavy atom. The lowest BCUT2D eigenvalue weighted by atomic mass is 9.82. The zero-order valence-corrected chi connectivity index (χ0v) is 9.80. The highest BCUT2D eigenvalue weighted by molar-refractivity contribution is 5.51. The molecule has 0 atom stereocenters. The van der Waals surface area contributed by atoms with Gasteiger partial charge >= 0.3 is 0 Å². The molecule has 2 heterocycles. The van der Waals surface area contributed by atoms with Crippen molar-refractivity contribution < 1.29 is 5.11 Å². The first-order valence-corrected chi connectivity index (χ1v) is 5.94. The Balaban J connectivity index is 1.77. The highest BCUT2D eigenvalue weighted by Crippen LogP contribution is 2.27. The number of nitrogens with zero attached hydrogens (tertiary/aromatic N) is 3. The van der Waals surface area contributed by atoms with Crippen molar-refractivity contribution in [1.82, 2.24) is 14.6 Å². The maximum Gasteiger partial charge on any atom is 0.157 e. The lowest BCUT2D eigenvalue weighted by Crippen LogP contribution is -2.33. The van der Waals surface area contributed by atoms with E-state index in [2.05, 4.69) is 21.5 Å². The first kappa shape index (κ1) is 10.5. The predicted molar refractivity (Wildman–Crippen MR) is 64.9 cm³/mol. The number of hydrogen-bond donors (Lipinski definition) is 2. The predicted octanol–water partition coefficient (Wildman–Crippen LogP) is 1.22. The van der Waals surface area contributed by atoms with Crippen LogP contribution in [-0.2, 0) is 0 Å². The zero-order chi connectivity index (χ0) is 11.8. The molecule has 2 N–H and O–H groups in total. The molecule has 1 aliphatic carbocycles. The summed E-state index contributed by atoms with van der Waals surface area (Å²) < 4.78 is 1.81. The van der Waals surface area contributed by atoms with Crippen molar-refractivity contribution in [1.29, 1.82) is 0 Å². The average molecular weight is 232 g/mol. The molecule has 1 saturated carbocycles. The summed E-state index contributed by atoms with van der Waals surface area (Å²) >= 11 is 0. The Kier molecular flexibility index (Phi) is 2.48. The molecule has 0 unspecified atom stereocenters. The fourth-order valence-corrected chi connectivity index (χ4v) is 2.30. The fraction of sp³-hybridized carbons (Fsp3) is 0.500. The second-order valence-corrected chi connectivity index (χ2v) is 4.82. The number of aliphatic hydroxyl groups excluding tert-OH is 1. The third-order valence-electron chi connectivity index (χ3n) is 3.31. The number of aryl methyl sites for hydroxylation is 1. The minimum atomic E-state index is -0.0919. The van der Waals surface area contributed by atoms with E-state index in [1.165, 1.54) is 5.56 Å². The molecule has 0 aromatic carbocycles. The maximum absolute atomic E-state index is 9.24. The summed E-state index contributed by atoms with van der Waals surface area (Å²) in [6.45, 7) is 2.93. The van der Waals surface area contributed by atoms with Crippen LogP contribution in [0, 0.1) is 12.8 Å². The van der Waals surface area contributed by atoms with Crippen LogP contribution in [-0.4, -0.2) is 32.4 Å². The number of aliphatic hydroxyl groups is 1. The van der Waals surface area contributed by atoms with Crippen molar-refractivity contribution >= 4 is 11.5 Å². The fourth-order valence-electron chi connectivity index (χ4n) is 2.30. The highest BCUT2D eigenvalue weighted by atomic mass is 16.3. The second kappa shape index (κ2) is 4.00. The summed E-state index contributed by atoms with van der Waals surface area (Å²) in [5.74, 6) is 1.54. The Hall–Kier alpha value is -1.62. The van der Waals surface area contributed by atoms with Crippen molar-refractivity contribution in [2.24, 2.45) is 5.92 Å². The van der Waals surface area contributed by atoms with Gasteiger partial charge in [0.25, 0.3) is 0 Å². The van der Waals surface area contributed by atoms with Crippen LogP contribution in [0.15, 0.2) is 18.5 Å². The largest absolute Gasteiger partial charge is 0.393 e. The van der Waals surface area contributed by atoms with Gasteiger partial charge in [-0.2, -0.15) is 9.61 Å². The van der Waals surface area contributed by atoms with Crippen LogP contribution < -0.4 is 5.32 Å². The number of fused-ring (bicyclic) bond motifs is 1. The SMILES string of the molecule is Cc1cc(NCC2CC(O)C2)n2ncnc2c1. The quantitative estimate of drug-likeness (QED) is 0.835. The van der Waals surface area contributed by atoms with Gasteiger partial charge in [-0.15, -0.1) is 0 Å². The number of hydrogen-bond acceptors (Lipinski definition) is 4. The van der Waals surface area contributed by atoms with E-state index in [1.807, 2.05) is 17.5 Å². The van der Waals surface area contributed by atoms with E-state index in [9.17, 15) is 5.11 Å². The molecular formula is C12H16N4O. The number of anilines is 1. The minimum absolute atomic E-state index is 0.0919. The van der Waals surface area contributed by atoms with Crippen molar-refractivity contribution in [3.05, 3.63) is 24.0 Å². The molecule has 1 fully saturated rings. The van der Waals surface area contributed by atoms with Gasteiger partial charge in [-0.1, -0.05) is 0 Å². The molecule has 0 radical (unpaired) electrons. The maximum atomic E-state index is 9.24. The number of pyridine rings is 1. The summed E-state index contributed by atoms with van der Waals surface area (Å²) in [7, 11) is 0. The Morgan fingerprint density at radius 1 is 1.47 bits per heavy atom. The molecule has 3 rings (SSSR count). The summed E-state index contributed by atoms with van der Waals surface area (Å²) in [6, 6.07) is 4.07. The molecule has 5 nitrogen and oxygen atoms in total. The Morgan fingerprint density at radius 2 is 2.29 bits per heavy atom. The molecule has 2 aromatic rings. The van der Waals surface area contributed by atoms with Gasteiger partial charge in [0.2, 0.25) is 0 Å². The van der Waals surface area contributed by atoms with Crippen LogP contribution in [0.5, 0.6) is 0 Å². The molecule has 0 aliphatic heterocycles. The van der Waals surface area contributed by atoms with Crippen LogP contribution in [0.25, 0.3) is 5.65 Å². The monoisotopic (exact) mass is 232 g/mol. The summed E-state index contributed by atoms with van der Waals surface area (Å²) in [6.07, 6.45) is 3.27. The van der Waals surface area contributed by atoms with Gasteiger partial charge < -0.3 is 10.4 Å². The van der Waals surface area contributed by atoms with Gasteiger partial charge in [0, 0.05) is 6.54 Å². The van der Waals surface area contributed by atoms with E-state index >= 15 is 0 Å². The third kappa shape index (κ3) is 1.98. The van der Waals surface area contributed by atoms with Gasteiger partial charge in [0.15, 0.2) is 5.65 Å². The van der Waals surface area contributed by atoms with Crippen LogP contribution in [0.2, 0.25) is 0 Å². The smallest absolute Gasteiger partial charge is 0.157 e. The second-order valence-electron chi connectivity index (χ2n) is 4.82. The van der Waals surface area contributed by atoms with Crippen molar-refractivity contribution in [2.75, 3.05) is 11.9 Å². The third-order valence-corrected chi connectivity index (χ3v) is 3.31. The molecule has 17 heavy (non-hydrogen) atoms. The van der Waals surface area contributed by atoms with E-state index < -0.39 is 0 Å². The molecular weight excluding hydrogens is 216 g/mol. The normalized spacial score (nSPS) is 23.6. The molecule has 0 saturated heterocycles. The topological polar surface area (TPSA) is 62.5 Å². The number of rotatable bonds is 3. The average Bonchev–Trinajstić information content (AvgIpc) is 2.70. The standard InChI is InChI=1S/C12H16N4O/c1-8-2-11(13-6-9-4-10(17)5-9)16-12(3-8)14-7-15-16/h2-3,7,9-10,13,17H,4-6H2,1H3. The van der Waals surface area contributed by atoms with Crippen molar-refractivity contribution in [2.45, 2.75) is 25.9 Å². The van der Waals surface area contributed by atoms with Crippen LogP contribution >= 0.6 is 0 Å². The summed E-state index contributed by atoms with van der Waals surface area (Å²) in [4.78, 5) is 4.19. The summed E-state index contributed by atoms with van der Waals surface area (Å²) in [5.41, 5.74) is 2.03. The Labute approximate surface area is 99.5 Å². The molecule has 2 aromatic heterocycles. The molecule has 0 amide bonds. The first-order valence-electron chi connectivity index (χ1n) is 5.94. The van der Waals surface area contributed by atoms with E-state index in [0.29, 0.717) is 5.92 Å². The molecule has 90 valence electrons. The first-order chi connectivity index (χ1) is 8.22. The lowest BCUT2D eigenvalue weighted by molar-refractivity contribution is 0.0486. The summed E-state index contributed by atoms with van der Waals surface area (Å²) in [5, 5.41) is 16.8. The minimum Gasteiger partial charge on any atom is -0.393 e. The number of nitrogens with one attached hydrogen (secondary N) is 1. The van der Waals surface area contributed by atoms with E-state index in [0.717, 1.165) is 30.9 Å². The zero-order valence-electron chi connectivity index (χ0n) is 9.80. The molecule has 1 aliphatic rings. The van der Waals surface area contributed by atoms with Crippen LogP contribution in [0.3, 0.4) is 0 Å². The molecule has 5 heteroatoms. The van der Waals surface area contributed by atoms with Crippen molar-refractivity contribution in [3.63, 3.8) is 0 Å². The molecule has 0 bridgehead atoms. The highest BCUT2D eigenvalue weighted by Gasteiger charge is 2.26. The lowest BCUT2D eigenvalue weighted by Gasteiger charge is -2.31. The van der Waals surface area contributed by atoms with Crippen LogP contribution in [0.4, 0.5) is 5.82 Å². The van der Waals surface area contributed by atoms with Crippen molar-refractivity contribution in [3.8, 4) is 0 Å². The van der Waals surface area contributed by atoms with Gasteiger partial charge in [-0.05, 0) is 43.4 Å². The Bertz CT molecular complexity index is 530. The molecule has 0 spiro atoms. The van der Waals surface area contributed by atoms with Gasteiger partial charge in [0.05, 0.1) is 6.10 Å². The number of aromatic nitrogens is 3.